The Labute approximate surface area is 83.7 Å². The first-order valence-corrected chi connectivity index (χ1v) is 6.11. The third kappa shape index (κ3) is 2.64. The summed E-state index contributed by atoms with van der Waals surface area (Å²) in [5.41, 5.74) is 5.21. The molecule has 1 aliphatic rings. The van der Waals surface area contributed by atoms with Gasteiger partial charge in [-0.15, -0.1) is 0 Å². The zero-order valence-corrected chi connectivity index (χ0v) is 8.74. The van der Waals surface area contributed by atoms with Gasteiger partial charge in [-0.05, 0) is 0 Å². The molecule has 1 unspecified atom stereocenters. The minimum absolute atomic E-state index is 0.0799. The fourth-order valence-corrected chi connectivity index (χ4v) is 2.88. The highest BCUT2D eigenvalue weighted by molar-refractivity contribution is 7.89. The Morgan fingerprint density at radius 2 is 2.29 bits per heavy atom. The SMILES string of the molecule is NCCS(=O)(=O)N1CCOCC1CO. The minimum atomic E-state index is -3.33. The van der Waals surface area contributed by atoms with Gasteiger partial charge in [0.2, 0.25) is 10.0 Å². The van der Waals surface area contributed by atoms with E-state index in [4.69, 9.17) is 15.6 Å². The lowest BCUT2D eigenvalue weighted by atomic mass is 10.3. The second kappa shape index (κ2) is 5.04. The summed E-state index contributed by atoms with van der Waals surface area (Å²) in [6, 6.07) is -0.458. The number of rotatable bonds is 4. The molecule has 0 aromatic carbocycles. The van der Waals surface area contributed by atoms with Crippen LogP contribution in [0.25, 0.3) is 0 Å². The predicted molar refractivity (Wildman–Crippen MR) is 51.2 cm³/mol. The highest BCUT2D eigenvalue weighted by Crippen LogP contribution is 2.11. The van der Waals surface area contributed by atoms with Gasteiger partial charge in [0, 0.05) is 13.1 Å². The second-order valence-corrected chi connectivity index (χ2v) is 5.17. The lowest BCUT2D eigenvalue weighted by molar-refractivity contribution is 0.0109. The van der Waals surface area contributed by atoms with E-state index >= 15 is 0 Å². The molecule has 84 valence electrons. The van der Waals surface area contributed by atoms with Crippen molar-refractivity contribution in [3.8, 4) is 0 Å². The van der Waals surface area contributed by atoms with E-state index in [2.05, 4.69) is 0 Å². The lowest BCUT2D eigenvalue weighted by Gasteiger charge is -2.33. The zero-order valence-electron chi connectivity index (χ0n) is 7.92. The molecule has 0 aliphatic carbocycles. The molecule has 1 aliphatic heterocycles. The Bertz CT molecular complexity index is 267. The van der Waals surface area contributed by atoms with Gasteiger partial charge >= 0.3 is 0 Å². The number of aliphatic hydroxyl groups excluding tert-OH is 1. The molecule has 1 saturated heterocycles. The van der Waals surface area contributed by atoms with Gasteiger partial charge < -0.3 is 15.6 Å². The number of nitrogens with zero attached hydrogens (tertiary/aromatic N) is 1. The number of hydrogen-bond acceptors (Lipinski definition) is 5. The topological polar surface area (TPSA) is 92.9 Å². The van der Waals surface area contributed by atoms with Crippen molar-refractivity contribution < 1.29 is 18.3 Å². The molecule has 0 bridgehead atoms. The van der Waals surface area contributed by atoms with Gasteiger partial charge in [-0.3, -0.25) is 0 Å². The fraction of sp³-hybridized carbons (Fsp3) is 1.00. The molecule has 0 aromatic heterocycles. The zero-order chi connectivity index (χ0) is 10.6. The third-order valence-corrected chi connectivity index (χ3v) is 4.06. The maximum atomic E-state index is 11.6. The molecule has 0 saturated carbocycles. The summed E-state index contributed by atoms with van der Waals surface area (Å²) < 4.78 is 29.6. The number of morpholine rings is 1. The largest absolute Gasteiger partial charge is 0.395 e. The van der Waals surface area contributed by atoms with E-state index in [0.717, 1.165) is 0 Å². The van der Waals surface area contributed by atoms with Crippen molar-refractivity contribution in [1.29, 1.82) is 0 Å². The second-order valence-electron chi connectivity index (χ2n) is 3.13. The average molecular weight is 224 g/mol. The molecule has 6 nitrogen and oxygen atoms in total. The standard InChI is InChI=1S/C7H16N2O4S/c8-1-4-14(11,12)9-2-3-13-6-7(9)5-10/h7,10H,1-6,8H2. The molecule has 1 heterocycles. The molecule has 1 fully saturated rings. The van der Waals surface area contributed by atoms with Gasteiger partial charge in [0.1, 0.15) is 0 Å². The van der Waals surface area contributed by atoms with Crippen LogP contribution in [0.1, 0.15) is 0 Å². The molecule has 3 N–H and O–H groups in total. The first-order valence-electron chi connectivity index (χ1n) is 4.50. The summed E-state index contributed by atoms with van der Waals surface area (Å²) in [7, 11) is -3.33. The van der Waals surface area contributed by atoms with Crippen molar-refractivity contribution in [3.05, 3.63) is 0 Å². The maximum absolute atomic E-state index is 11.6. The number of nitrogens with two attached hydrogens (primary N) is 1. The first kappa shape index (κ1) is 11.9. The number of hydrogen-bond donors (Lipinski definition) is 2. The molecule has 0 radical (unpaired) electrons. The Hall–Kier alpha value is -0.210. The highest BCUT2D eigenvalue weighted by Gasteiger charge is 2.31. The highest BCUT2D eigenvalue weighted by atomic mass is 32.2. The van der Waals surface area contributed by atoms with Gasteiger partial charge in [0.15, 0.2) is 0 Å². The Morgan fingerprint density at radius 1 is 1.57 bits per heavy atom. The van der Waals surface area contributed by atoms with E-state index in [1.165, 1.54) is 4.31 Å². The van der Waals surface area contributed by atoms with E-state index in [9.17, 15) is 8.42 Å². The monoisotopic (exact) mass is 224 g/mol. The van der Waals surface area contributed by atoms with E-state index in [-0.39, 0.29) is 25.5 Å². The van der Waals surface area contributed by atoms with Crippen LogP contribution in [-0.4, -0.2) is 62.5 Å². The first-order chi connectivity index (χ1) is 6.61. The van der Waals surface area contributed by atoms with Crippen molar-refractivity contribution in [3.63, 3.8) is 0 Å². The summed E-state index contributed by atoms with van der Waals surface area (Å²) in [5.74, 6) is -0.0799. The molecule has 0 amide bonds. The van der Waals surface area contributed by atoms with Crippen LogP contribution < -0.4 is 5.73 Å². The van der Waals surface area contributed by atoms with Crippen molar-refractivity contribution in [2.75, 3.05) is 38.7 Å². The van der Waals surface area contributed by atoms with Gasteiger partial charge in [0.25, 0.3) is 0 Å². The maximum Gasteiger partial charge on any atom is 0.215 e. The van der Waals surface area contributed by atoms with E-state index in [1.807, 2.05) is 0 Å². The Morgan fingerprint density at radius 3 is 2.86 bits per heavy atom. The summed E-state index contributed by atoms with van der Waals surface area (Å²) in [4.78, 5) is 0. The van der Waals surface area contributed by atoms with Crippen LogP contribution in [0.4, 0.5) is 0 Å². The molecule has 7 heteroatoms. The van der Waals surface area contributed by atoms with Gasteiger partial charge in [0.05, 0.1) is 31.6 Å². The number of sulfonamides is 1. The van der Waals surface area contributed by atoms with E-state index in [1.54, 1.807) is 0 Å². The predicted octanol–water partition coefficient (Wildman–Crippen LogP) is -2.03. The Balaban J connectivity index is 2.72. The number of ether oxygens (including phenoxy) is 1. The number of aliphatic hydroxyl groups is 1. The third-order valence-electron chi connectivity index (χ3n) is 2.12. The van der Waals surface area contributed by atoms with Crippen molar-refractivity contribution in [2.24, 2.45) is 5.73 Å². The smallest absolute Gasteiger partial charge is 0.215 e. The van der Waals surface area contributed by atoms with Crippen molar-refractivity contribution in [2.45, 2.75) is 6.04 Å². The molecule has 1 atom stereocenters. The van der Waals surface area contributed by atoms with E-state index in [0.29, 0.717) is 13.2 Å². The van der Waals surface area contributed by atoms with Crippen molar-refractivity contribution >= 4 is 10.0 Å². The van der Waals surface area contributed by atoms with Crippen LogP contribution in [0.5, 0.6) is 0 Å². The van der Waals surface area contributed by atoms with Crippen LogP contribution in [0.2, 0.25) is 0 Å². The van der Waals surface area contributed by atoms with Crippen LogP contribution in [-0.2, 0) is 14.8 Å². The lowest BCUT2D eigenvalue weighted by Crippen LogP contribution is -2.51. The van der Waals surface area contributed by atoms with Gasteiger partial charge in [-0.1, -0.05) is 0 Å². The van der Waals surface area contributed by atoms with Crippen LogP contribution >= 0.6 is 0 Å². The van der Waals surface area contributed by atoms with Crippen LogP contribution in [0.15, 0.2) is 0 Å². The van der Waals surface area contributed by atoms with Crippen LogP contribution in [0, 0.1) is 0 Å². The van der Waals surface area contributed by atoms with Crippen LogP contribution in [0.3, 0.4) is 0 Å². The normalized spacial score (nSPS) is 25.1. The molecule has 14 heavy (non-hydrogen) atoms. The minimum Gasteiger partial charge on any atom is -0.395 e. The van der Waals surface area contributed by atoms with E-state index < -0.39 is 16.1 Å². The quantitative estimate of drug-likeness (QED) is 0.574. The fourth-order valence-electron chi connectivity index (χ4n) is 1.42. The molecular weight excluding hydrogens is 208 g/mol. The summed E-state index contributed by atoms with van der Waals surface area (Å²) in [6.07, 6.45) is 0. The molecule has 1 rings (SSSR count). The molecular formula is C7H16N2O4S. The van der Waals surface area contributed by atoms with Gasteiger partial charge in [-0.25, -0.2) is 8.42 Å². The van der Waals surface area contributed by atoms with Gasteiger partial charge in [-0.2, -0.15) is 4.31 Å². The summed E-state index contributed by atoms with van der Waals surface area (Å²) in [6.45, 7) is 0.801. The average Bonchev–Trinajstić information content (AvgIpc) is 2.18. The van der Waals surface area contributed by atoms with Crippen molar-refractivity contribution in [1.82, 2.24) is 4.31 Å². The molecule has 0 aromatic rings. The Kier molecular flexibility index (Phi) is 4.27. The summed E-state index contributed by atoms with van der Waals surface area (Å²) in [5, 5.41) is 8.98. The summed E-state index contributed by atoms with van der Waals surface area (Å²) >= 11 is 0. The molecule has 0 spiro atoms.